The van der Waals surface area contributed by atoms with Crippen LogP contribution in [0.1, 0.15) is 6.92 Å². The maximum Gasteiger partial charge on any atom is 0.271 e. The van der Waals surface area contributed by atoms with E-state index in [-0.39, 0.29) is 17.3 Å². The van der Waals surface area contributed by atoms with Gasteiger partial charge in [0.2, 0.25) is 5.91 Å². The minimum Gasteiger partial charge on any atom is -0.497 e. The summed E-state index contributed by atoms with van der Waals surface area (Å²) in [5.74, 6) is 0.645. The number of hydrogen-bond acceptors (Lipinski definition) is 6. The summed E-state index contributed by atoms with van der Waals surface area (Å²) >= 11 is 0. The number of methoxy groups -OCH3 is 2. The summed E-state index contributed by atoms with van der Waals surface area (Å²) in [6.45, 7) is 1.68. The molecule has 0 aliphatic heterocycles. The molecule has 2 rings (SSSR count). The number of rotatable bonds is 7. The highest BCUT2D eigenvalue weighted by Crippen LogP contribution is 2.29. The first-order valence-electron chi connectivity index (χ1n) is 7.48. The van der Waals surface area contributed by atoms with Crippen molar-refractivity contribution in [2.24, 2.45) is 0 Å². The zero-order valence-electron chi connectivity index (χ0n) is 14.1. The topological polar surface area (TPSA) is 103 Å². The largest absolute Gasteiger partial charge is 0.497 e. The van der Waals surface area contributed by atoms with Crippen LogP contribution in [-0.2, 0) is 4.79 Å². The first kappa shape index (κ1) is 18.1. The van der Waals surface area contributed by atoms with E-state index < -0.39 is 11.0 Å². The molecule has 2 N–H and O–H groups in total. The Morgan fingerprint density at radius 1 is 1.16 bits per heavy atom. The van der Waals surface area contributed by atoms with E-state index >= 15 is 0 Å². The third-order valence-electron chi connectivity index (χ3n) is 3.50. The summed E-state index contributed by atoms with van der Waals surface area (Å²) in [7, 11) is 2.98. The van der Waals surface area contributed by atoms with Crippen molar-refractivity contribution in [2.45, 2.75) is 13.0 Å². The molecule has 0 fully saturated rings. The summed E-state index contributed by atoms with van der Waals surface area (Å²) in [6, 6.07) is 10.6. The van der Waals surface area contributed by atoms with Gasteiger partial charge < -0.3 is 20.1 Å². The quantitative estimate of drug-likeness (QED) is 0.590. The number of benzene rings is 2. The lowest BCUT2D eigenvalue weighted by molar-refractivity contribution is -0.384. The van der Waals surface area contributed by atoms with E-state index in [0.717, 1.165) is 0 Å². The minimum absolute atomic E-state index is 0.135. The summed E-state index contributed by atoms with van der Waals surface area (Å²) in [5, 5.41) is 16.6. The summed E-state index contributed by atoms with van der Waals surface area (Å²) in [5.41, 5.74) is 0.818. The second-order valence-electron chi connectivity index (χ2n) is 5.23. The number of nitrogens with zero attached hydrogens (tertiary/aromatic N) is 1. The fourth-order valence-corrected chi connectivity index (χ4v) is 2.18. The zero-order valence-corrected chi connectivity index (χ0v) is 14.1. The fourth-order valence-electron chi connectivity index (χ4n) is 2.18. The Bertz CT molecular complexity index is 779. The van der Waals surface area contributed by atoms with Crippen LogP contribution in [0.15, 0.2) is 42.5 Å². The number of nitrogens with one attached hydrogen (secondary N) is 2. The summed E-state index contributed by atoms with van der Waals surface area (Å²) in [4.78, 5) is 22.8. The van der Waals surface area contributed by atoms with Crippen molar-refractivity contribution >= 4 is 23.0 Å². The average molecular weight is 345 g/mol. The van der Waals surface area contributed by atoms with E-state index in [2.05, 4.69) is 10.6 Å². The molecule has 2 aromatic rings. The number of hydrogen-bond donors (Lipinski definition) is 2. The average Bonchev–Trinajstić information content (AvgIpc) is 2.61. The molecule has 0 aromatic heterocycles. The predicted octanol–water partition coefficient (Wildman–Crippen LogP) is 3.05. The number of carbonyl (C=O) groups is 1. The molecule has 25 heavy (non-hydrogen) atoms. The van der Waals surface area contributed by atoms with Gasteiger partial charge in [0.25, 0.3) is 5.69 Å². The normalized spacial score (nSPS) is 11.3. The Kier molecular flexibility index (Phi) is 5.78. The first-order chi connectivity index (χ1) is 11.9. The molecule has 132 valence electrons. The van der Waals surface area contributed by atoms with Crippen molar-refractivity contribution < 1.29 is 19.2 Å². The lowest BCUT2D eigenvalue weighted by Crippen LogP contribution is -2.32. The van der Waals surface area contributed by atoms with Gasteiger partial charge in [-0.05, 0) is 25.1 Å². The van der Waals surface area contributed by atoms with Crippen LogP contribution >= 0.6 is 0 Å². The first-order valence-corrected chi connectivity index (χ1v) is 7.48. The molecule has 0 aliphatic carbocycles. The molecule has 1 atom stereocenters. The van der Waals surface area contributed by atoms with Crippen LogP contribution in [0.3, 0.4) is 0 Å². The standard InChI is InChI=1S/C17H19N3O5/c1-11(18-12-5-4-6-14(9-12)24-2)17(21)19-15-10-13(20(22)23)7-8-16(15)25-3/h4-11,18H,1-3H3,(H,19,21). The molecule has 0 heterocycles. The van der Waals surface area contributed by atoms with Gasteiger partial charge in [-0.1, -0.05) is 6.07 Å². The Hall–Kier alpha value is -3.29. The Morgan fingerprint density at radius 3 is 2.56 bits per heavy atom. The van der Waals surface area contributed by atoms with Crippen molar-refractivity contribution in [3.05, 3.63) is 52.6 Å². The highest BCUT2D eigenvalue weighted by Gasteiger charge is 2.17. The van der Waals surface area contributed by atoms with E-state index in [1.165, 1.54) is 25.3 Å². The van der Waals surface area contributed by atoms with Crippen LogP contribution in [0.4, 0.5) is 17.1 Å². The highest BCUT2D eigenvalue weighted by atomic mass is 16.6. The van der Waals surface area contributed by atoms with E-state index in [1.54, 1.807) is 38.3 Å². The number of non-ortho nitro benzene ring substituents is 1. The SMILES string of the molecule is COc1cccc(NC(C)C(=O)Nc2cc([N+](=O)[O-])ccc2OC)c1. The number of anilines is 2. The molecule has 2 aromatic carbocycles. The van der Waals surface area contributed by atoms with Gasteiger partial charge in [-0.2, -0.15) is 0 Å². The number of nitro benzene ring substituents is 1. The maximum absolute atomic E-state index is 12.4. The molecular formula is C17H19N3O5. The number of amides is 1. The molecular weight excluding hydrogens is 326 g/mol. The third kappa shape index (κ3) is 4.60. The summed E-state index contributed by atoms with van der Waals surface area (Å²) in [6.07, 6.45) is 0. The van der Waals surface area contributed by atoms with Crippen LogP contribution in [0.5, 0.6) is 11.5 Å². The van der Waals surface area contributed by atoms with Crippen molar-refractivity contribution in [1.29, 1.82) is 0 Å². The van der Waals surface area contributed by atoms with Gasteiger partial charge in [0.05, 0.1) is 24.8 Å². The van der Waals surface area contributed by atoms with Crippen molar-refractivity contribution in [3.8, 4) is 11.5 Å². The molecule has 1 amide bonds. The highest BCUT2D eigenvalue weighted by molar-refractivity contribution is 5.97. The molecule has 0 radical (unpaired) electrons. The van der Waals surface area contributed by atoms with E-state index in [1.807, 2.05) is 0 Å². The maximum atomic E-state index is 12.4. The molecule has 0 spiro atoms. The van der Waals surface area contributed by atoms with Gasteiger partial charge in [0.1, 0.15) is 17.5 Å². The van der Waals surface area contributed by atoms with Gasteiger partial charge in [-0.25, -0.2) is 0 Å². The van der Waals surface area contributed by atoms with Crippen LogP contribution in [0.2, 0.25) is 0 Å². The van der Waals surface area contributed by atoms with Crippen LogP contribution in [-0.4, -0.2) is 31.1 Å². The molecule has 8 nitrogen and oxygen atoms in total. The third-order valence-corrected chi connectivity index (χ3v) is 3.50. The number of nitro groups is 1. The van der Waals surface area contributed by atoms with E-state index in [0.29, 0.717) is 17.2 Å². The Morgan fingerprint density at radius 2 is 1.92 bits per heavy atom. The number of carbonyl (C=O) groups excluding carboxylic acids is 1. The van der Waals surface area contributed by atoms with Crippen LogP contribution in [0, 0.1) is 10.1 Å². The van der Waals surface area contributed by atoms with Crippen LogP contribution in [0.25, 0.3) is 0 Å². The second kappa shape index (κ2) is 8.00. The second-order valence-corrected chi connectivity index (χ2v) is 5.23. The molecule has 0 saturated heterocycles. The minimum atomic E-state index is -0.587. The van der Waals surface area contributed by atoms with Gasteiger partial charge in [0.15, 0.2) is 0 Å². The molecule has 0 bridgehead atoms. The van der Waals surface area contributed by atoms with Gasteiger partial charge in [-0.3, -0.25) is 14.9 Å². The zero-order chi connectivity index (χ0) is 18.4. The lowest BCUT2D eigenvalue weighted by Gasteiger charge is -2.17. The molecule has 0 saturated carbocycles. The smallest absolute Gasteiger partial charge is 0.271 e. The number of ether oxygens (including phenoxy) is 2. The monoisotopic (exact) mass is 345 g/mol. The summed E-state index contributed by atoms with van der Waals surface area (Å²) < 4.78 is 10.3. The van der Waals surface area contributed by atoms with E-state index in [4.69, 9.17) is 9.47 Å². The van der Waals surface area contributed by atoms with Gasteiger partial charge in [0, 0.05) is 23.9 Å². The van der Waals surface area contributed by atoms with Crippen LogP contribution < -0.4 is 20.1 Å². The van der Waals surface area contributed by atoms with Crippen molar-refractivity contribution in [1.82, 2.24) is 0 Å². The molecule has 8 heteroatoms. The molecule has 1 unspecified atom stereocenters. The predicted molar refractivity (Wildman–Crippen MR) is 94.4 cm³/mol. The van der Waals surface area contributed by atoms with Gasteiger partial charge in [-0.15, -0.1) is 0 Å². The fraction of sp³-hybridized carbons (Fsp3) is 0.235. The Labute approximate surface area is 144 Å². The van der Waals surface area contributed by atoms with Crippen molar-refractivity contribution in [2.75, 3.05) is 24.9 Å². The molecule has 0 aliphatic rings. The van der Waals surface area contributed by atoms with E-state index in [9.17, 15) is 14.9 Å². The lowest BCUT2D eigenvalue weighted by atomic mass is 10.2. The Balaban J connectivity index is 2.12. The van der Waals surface area contributed by atoms with Crippen molar-refractivity contribution in [3.63, 3.8) is 0 Å². The van der Waals surface area contributed by atoms with Gasteiger partial charge >= 0.3 is 0 Å².